The summed E-state index contributed by atoms with van der Waals surface area (Å²) in [5, 5.41) is 8.45. The smallest absolute Gasteiger partial charge is 0.328 e. The van der Waals surface area contributed by atoms with Crippen molar-refractivity contribution in [2.24, 2.45) is 0 Å². The van der Waals surface area contributed by atoms with Gasteiger partial charge in [-0.15, -0.1) is 0 Å². The molecule has 1 aromatic heterocycles. The Bertz CT molecular complexity index is 628. The molecule has 0 radical (unpaired) electrons. The van der Waals surface area contributed by atoms with Crippen LogP contribution < -0.4 is 5.56 Å². The van der Waals surface area contributed by atoms with E-state index >= 15 is 0 Å². The van der Waals surface area contributed by atoms with Gasteiger partial charge in [0, 0.05) is 6.08 Å². The monoisotopic (exact) mass is 216 g/mol. The Morgan fingerprint density at radius 2 is 2.12 bits per heavy atom. The lowest BCUT2D eigenvalue weighted by molar-refractivity contribution is -0.131. The van der Waals surface area contributed by atoms with E-state index in [-0.39, 0.29) is 5.69 Å². The minimum absolute atomic E-state index is 0.0844. The van der Waals surface area contributed by atoms with Gasteiger partial charge in [0.25, 0.3) is 5.56 Å². The standard InChI is InChI=1S/C11H8N2O3/c14-10(15)6-5-9-11(16)13-8-4-2-1-3-7(8)12-9/h1-6H,(H,13,16)(H,14,15)/b6-5-. The molecule has 2 N–H and O–H groups in total. The molecular weight excluding hydrogens is 208 g/mol. The number of carboxylic acids is 1. The van der Waals surface area contributed by atoms with E-state index in [0.29, 0.717) is 11.0 Å². The van der Waals surface area contributed by atoms with E-state index in [1.807, 2.05) is 0 Å². The zero-order valence-electron chi connectivity index (χ0n) is 8.18. The lowest BCUT2D eigenvalue weighted by atomic mass is 10.3. The Labute approximate surface area is 90.1 Å². The van der Waals surface area contributed by atoms with Crippen LogP contribution in [-0.2, 0) is 4.79 Å². The van der Waals surface area contributed by atoms with Crippen LogP contribution >= 0.6 is 0 Å². The van der Waals surface area contributed by atoms with Crippen LogP contribution in [0.4, 0.5) is 0 Å². The molecule has 1 heterocycles. The number of aromatic amines is 1. The largest absolute Gasteiger partial charge is 0.478 e. The molecule has 5 heteroatoms. The molecule has 80 valence electrons. The second-order valence-corrected chi connectivity index (χ2v) is 3.14. The molecule has 0 amide bonds. The number of carbonyl (C=O) groups is 1. The highest BCUT2D eigenvalue weighted by molar-refractivity contribution is 5.85. The first-order valence-corrected chi connectivity index (χ1v) is 4.57. The van der Waals surface area contributed by atoms with Crippen LogP contribution in [0.1, 0.15) is 5.69 Å². The summed E-state index contributed by atoms with van der Waals surface area (Å²) in [6, 6.07) is 7.04. The predicted molar refractivity (Wildman–Crippen MR) is 59.0 cm³/mol. The van der Waals surface area contributed by atoms with Crippen molar-refractivity contribution in [3.8, 4) is 0 Å². The van der Waals surface area contributed by atoms with Crippen molar-refractivity contribution in [2.75, 3.05) is 0 Å². The Morgan fingerprint density at radius 3 is 2.88 bits per heavy atom. The summed E-state index contributed by atoms with van der Waals surface area (Å²) in [5.41, 5.74) is 0.921. The molecule has 2 rings (SSSR count). The van der Waals surface area contributed by atoms with E-state index in [2.05, 4.69) is 9.97 Å². The molecule has 0 aliphatic carbocycles. The molecule has 0 unspecified atom stereocenters. The van der Waals surface area contributed by atoms with Crippen LogP contribution in [0.3, 0.4) is 0 Å². The molecule has 0 bridgehead atoms. The summed E-state index contributed by atoms with van der Waals surface area (Å²) >= 11 is 0. The van der Waals surface area contributed by atoms with Crippen LogP contribution in [-0.4, -0.2) is 21.0 Å². The highest BCUT2D eigenvalue weighted by Crippen LogP contribution is 2.06. The van der Waals surface area contributed by atoms with E-state index < -0.39 is 11.5 Å². The first-order chi connectivity index (χ1) is 7.66. The van der Waals surface area contributed by atoms with Gasteiger partial charge in [-0.1, -0.05) is 12.1 Å². The van der Waals surface area contributed by atoms with E-state index in [1.165, 1.54) is 6.08 Å². The maximum atomic E-state index is 11.5. The molecule has 2 aromatic rings. The van der Waals surface area contributed by atoms with E-state index in [1.54, 1.807) is 24.3 Å². The van der Waals surface area contributed by atoms with Gasteiger partial charge in [0.1, 0.15) is 5.69 Å². The molecule has 0 aliphatic rings. The molecule has 0 aliphatic heterocycles. The number of para-hydroxylation sites is 2. The number of carboxylic acid groups (broad SMARTS) is 1. The SMILES string of the molecule is O=C(O)/C=C\c1nc2ccccc2[nH]c1=O. The van der Waals surface area contributed by atoms with E-state index in [4.69, 9.17) is 5.11 Å². The Balaban J connectivity index is 2.59. The molecular formula is C11H8N2O3. The Hall–Kier alpha value is -2.43. The lowest BCUT2D eigenvalue weighted by Gasteiger charge is -1.97. The van der Waals surface area contributed by atoms with Crippen LogP contribution in [0.5, 0.6) is 0 Å². The van der Waals surface area contributed by atoms with Crippen LogP contribution in [0.25, 0.3) is 17.1 Å². The normalized spacial score (nSPS) is 11.0. The summed E-state index contributed by atoms with van der Waals surface area (Å²) in [6.45, 7) is 0. The minimum atomic E-state index is -1.12. The fourth-order valence-corrected chi connectivity index (χ4v) is 1.31. The molecule has 0 spiro atoms. The first kappa shape index (κ1) is 10.1. The van der Waals surface area contributed by atoms with E-state index in [0.717, 1.165) is 6.08 Å². The number of benzene rings is 1. The minimum Gasteiger partial charge on any atom is -0.478 e. The molecule has 1 aromatic carbocycles. The van der Waals surface area contributed by atoms with Crippen LogP contribution in [0.15, 0.2) is 35.1 Å². The van der Waals surface area contributed by atoms with Crippen molar-refractivity contribution in [1.82, 2.24) is 9.97 Å². The van der Waals surface area contributed by atoms with Gasteiger partial charge in [0.05, 0.1) is 11.0 Å². The van der Waals surface area contributed by atoms with E-state index in [9.17, 15) is 9.59 Å². The fraction of sp³-hybridized carbons (Fsp3) is 0. The summed E-state index contributed by atoms with van der Waals surface area (Å²) in [6.07, 6.45) is 2.06. The van der Waals surface area contributed by atoms with Gasteiger partial charge in [0.2, 0.25) is 0 Å². The third-order valence-corrected chi connectivity index (χ3v) is 2.01. The highest BCUT2D eigenvalue weighted by atomic mass is 16.4. The number of H-pyrrole nitrogens is 1. The second-order valence-electron chi connectivity index (χ2n) is 3.14. The summed E-state index contributed by atoms with van der Waals surface area (Å²) < 4.78 is 0. The molecule has 0 atom stereocenters. The number of aliphatic carboxylic acids is 1. The number of nitrogens with zero attached hydrogens (tertiary/aromatic N) is 1. The van der Waals surface area contributed by atoms with Crippen LogP contribution in [0, 0.1) is 0 Å². The number of rotatable bonds is 2. The number of nitrogens with one attached hydrogen (secondary N) is 1. The molecule has 5 nitrogen and oxygen atoms in total. The van der Waals surface area contributed by atoms with Gasteiger partial charge in [-0.25, -0.2) is 9.78 Å². The number of hydrogen-bond acceptors (Lipinski definition) is 3. The molecule has 0 saturated carbocycles. The zero-order chi connectivity index (χ0) is 11.5. The average molecular weight is 216 g/mol. The number of aromatic nitrogens is 2. The number of hydrogen-bond donors (Lipinski definition) is 2. The van der Waals surface area contributed by atoms with Gasteiger partial charge in [-0.2, -0.15) is 0 Å². The predicted octanol–water partition coefficient (Wildman–Crippen LogP) is 1.02. The molecule has 16 heavy (non-hydrogen) atoms. The van der Waals surface area contributed by atoms with Gasteiger partial charge in [-0.05, 0) is 18.2 Å². The third-order valence-electron chi connectivity index (χ3n) is 2.01. The van der Waals surface area contributed by atoms with Crippen molar-refractivity contribution >= 4 is 23.1 Å². The maximum absolute atomic E-state index is 11.5. The highest BCUT2D eigenvalue weighted by Gasteiger charge is 2.01. The lowest BCUT2D eigenvalue weighted by Crippen LogP contribution is -2.11. The van der Waals surface area contributed by atoms with Gasteiger partial charge in [0.15, 0.2) is 0 Å². The number of fused-ring (bicyclic) bond motifs is 1. The summed E-state index contributed by atoms with van der Waals surface area (Å²) in [7, 11) is 0. The Kier molecular flexibility index (Phi) is 2.51. The van der Waals surface area contributed by atoms with Crippen LogP contribution in [0.2, 0.25) is 0 Å². The van der Waals surface area contributed by atoms with Gasteiger partial charge >= 0.3 is 5.97 Å². The van der Waals surface area contributed by atoms with Crippen molar-refractivity contribution in [2.45, 2.75) is 0 Å². The summed E-state index contributed by atoms with van der Waals surface area (Å²) in [5.74, 6) is -1.12. The summed E-state index contributed by atoms with van der Waals surface area (Å²) in [4.78, 5) is 28.5. The molecule has 0 fully saturated rings. The maximum Gasteiger partial charge on any atom is 0.328 e. The van der Waals surface area contributed by atoms with Crippen molar-refractivity contribution < 1.29 is 9.90 Å². The van der Waals surface area contributed by atoms with Crippen molar-refractivity contribution in [3.05, 3.63) is 46.4 Å². The first-order valence-electron chi connectivity index (χ1n) is 4.57. The molecule has 0 saturated heterocycles. The quantitative estimate of drug-likeness (QED) is 0.734. The average Bonchev–Trinajstić information content (AvgIpc) is 2.26. The van der Waals surface area contributed by atoms with Crippen molar-refractivity contribution in [3.63, 3.8) is 0 Å². The topological polar surface area (TPSA) is 83.0 Å². The van der Waals surface area contributed by atoms with Gasteiger partial charge in [-0.3, -0.25) is 4.79 Å². The fourth-order valence-electron chi connectivity index (χ4n) is 1.31. The van der Waals surface area contributed by atoms with Gasteiger partial charge < -0.3 is 10.1 Å². The Morgan fingerprint density at radius 1 is 1.38 bits per heavy atom. The third kappa shape index (κ3) is 1.98. The second kappa shape index (κ2) is 3.98. The zero-order valence-corrected chi connectivity index (χ0v) is 8.18. The van der Waals surface area contributed by atoms with Crippen molar-refractivity contribution in [1.29, 1.82) is 0 Å².